The fraction of sp³-hybridized carbons (Fsp3) is 0.300. The van der Waals surface area contributed by atoms with Crippen LogP contribution in [0.3, 0.4) is 0 Å². The maximum Gasteiger partial charge on any atom is 0.269 e. The van der Waals surface area contributed by atoms with Crippen LogP contribution in [0, 0.1) is 10.1 Å². The molecule has 1 heterocycles. The van der Waals surface area contributed by atoms with Gasteiger partial charge in [0.25, 0.3) is 5.69 Å². The van der Waals surface area contributed by atoms with Gasteiger partial charge >= 0.3 is 0 Å². The van der Waals surface area contributed by atoms with Crippen molar-refractivity contribution in [1.82, 2.24) is 5.32 Å². The SMILES string of the molecule is Cl.O=[N+]([O-])c1cccc(CC2=NCCN2)c1. The first-order valence-electron chi connectivity index (χ1n) is 4.76. The van der Waals surface area contributed by atoms with Crippen LogP contribution in [-0.2, 0) is 6.42 Å². The maximum absolute atomic E-state index is 10.6. The van der Waals surface area contributed by atoms with Crippen molar-refractivity contribution in [2.75, 3.05) is 13.1 Å². The molecule has 0 bridgehead atoms. The summed E-state index contributed by atoms with van der Waals surface area (Å²) in [4.78, 5) is 14.4. The van der Waals surface area contributed by atoms with Gasteiger partial charge in [0.15, 0.2) is 0 Å². The van der Waals surface area contributed by atoms with Crippen molar-refractivity contribution in [1.29, 1.82) is 0 Å². The predicted octanol–water partition coefficient (Wildman–Crippen LogP) is 1.56. The van der Waals surface area contributed by atoms with Gasteiger partial charge in [0.1, 0.15) is 5.84 Å². The minimum absolute atomic E-state index is 0. The Labute approximate surface area is 99.1 Å². The zero-order chi connectivity index (χ0) is 10.7. The number of halogens is 1. The third-order valence-corrected chi connectivity index (χ3v) is 2.24. The number of non-ortho nitro benzene ring substituents is 1. The standard InChI is InChI=1S/C10H11N3O2.ClH/c14-13(15)9-3-1-2-8(6-9)7-10-11-4-5-12-10;/h1-3,6H,4-5,7H2,(H,11,12);1H. The zero-order valence-corrected chi connectivity index (χ0v) is 9.37. The van der Waals surface area contributed by atoms with Crippen LogP contribution in [0.2, 0.25) is 0 Å². The van der Waals surface area contributed by atoms with Gasteiger partial charge in [0.2, 0.25) is 0 Å². The van der Waals surface area contributed by atoms with Crippen molar-refractivity contribution in [2.24, 2.45) is 4.99 Å². The summed E-state index contributed by atoms with van der Waals surface area (Å²) in [5.74, 6) is 0.912. The highest BCUT2D eigenvalue weighted by atomic mass is 35.5. The lowest BCUT2D eigenvalue weighted by Gasteiger charge is -2.01. The van der Waals surface area contributed by atoms with E-state index in [1.54, 1.807) is 12.1 Å². The van der Waals surface area contributed by atoms with Crippen LogP contribution < -0.4 is 5.32 Å². The molecule has 0 aliphatic carbocycles. The van der Waals surface area contributed by atoms with Gasteiger partial charge < -0.3 is 5.32 Å². The summed E-state index contributed by atoms with van der Waals surface area (Å²) < 4.78 is 0. The van der Waals surface area contributed by atoms with Crippen molar-refractivity contribution >= 4 is 23.9 Å². The zero-order valence-electron chi connectivity index (χ0n) is 8.55. The van der Waals surface area contributed by atoms with Crippen molar-refractivity contribution in [3.05, 3.63) is 39.9 Å². The molecule has 0 saturated heterocycles. The normalized spacial score (nSPS) is 13.6. The van der Waals surface area contributed by atoms with E-state index in [-0.39, 0.29) is 23.0 Å². The molecule has 1 aromatic carbocycles. The first kappa shape index (κ1) is 12.4. The Kier molecular flexibility index (Phi) is 4.25. The van der Waals surface area contributed by atoms with Gasteiger partial charge in [-0.3, -0.25) is 15.1 Å². The molecule has 0 radical (unpaired) electrons. The molecule has 5 nitrogen and oxygen atoms in total. The molecule has 0 amide bonds. The Morgan fingerprint density at radius 1 is 1.50 bits per heavy atom. The summed E-state index contributed by atoms with van der Waals surface area (Å²) in [5.41, 5.74) is 1.04. The maximum atomic E-state index is 10.6. The van der Waals surface area contributed by atoms with Crippen LogP contribution in [0.15, 0.2) is 29.3 Å². The van der Waals surface area contributed by atoms with Crippen LogP contribution in [-0.4, -0.2) is 23.8 Å². The number of nitrogens with one attached hydrogen (secondary N) is 1. The Morgan fingerprint density at radius 3 is 2.94 bits per heavy atom. The quantitative estimate of drug-likeness (QED) is 0.645. The van der Waals surface area contributed by atoms with Crippen molar-refractivity contribution in [3.8, 4) is 0 Å². The minimum Gasteiger partial charge on any atom is -0.372 e. The molecule has 1 N–H and O–H groups in total. The number of rotatable bonds is 3. The molecule has 0 unspecified atom stereocenters. The number of benzene rings is 1. The molecule has 2 rings (SSSR count). The molecule has 0 aromatic heterocycles. The van der Waals surface area contributed by atoms with E-state index in [1.165, 1.54) is 6.07 Å². The molecular weight excluding hydrogens is 230 g/mol. The molecule has 0 spiro atoms. The average Bonchev–Trinajstić information content (AvgIpc) is 2.71. The first-order chi connectivity index (χ1) is 7.25. The van der Waals surface area contributed by atoms with E-state index in [9.17, 15) is 10.1 Å². The molecule has 1 aliphatic heterocycles. The first-order valence-corrected chi connectivity index (χ1v) is 4.76. The highest BCUT2D eigenvalue weighted by Gasteiger charge is 2.09. The molecule has 1 aliphatic rings. The van der Waals surface area contributed by atoms with E-state index in [2.05, 4.69) is 10.3 Å². The second kappa shape index (κ2) is 5.46. The van der Waals surface area contributed by atoms with E-state index >= 15 is 0 Å². The van der Waals surface area contributed by atoms with E-state index in [0.717, 1.165) is 24.5 Å². The fourth-order valence-electron chi connectivity index (χ4n) is 1.54. The number of hydrogen-bond acceptors (Lipinski definition) is 4. The van der Waals surface area contributed by atoms with Crippen molar-refractivity contribution < 1.29 is 4.92 Å². The molecule has 0 fully saturated rings. The number of hydrogen-bond donors (Lipinski definition) is 1. The van der Waals surface area contributed by atoms with Crippen LogP contribution >= 0.6 is 12.4 Å². The molecule has 0 saturated carbocycles. The third kappa shape index (κ3) is 2.93. The van der Waals surface area contributed by atoms with Gasteiger partial charge in [0.05, 0.1) is 11.5 Å². The number of nitro groups is 1. The van der Waals surface area contributed by atoms with Gasteiger partial charge in [-0.15, -0.1) is 12.4 Å². The van der Waals surface area contributed by atoms with Gasteiger partial charge in [-0.1, -0.05) is 12.1 Å². The highest BCUT2D eigenvalue weighted by Crippen LogP contribution is 2.13. The van der Waals surface area contributed by atoms with Gasteiger partial charge in [-0.05, 0) is 5.56 Å². The summed E-state index contributed by atoms with van der Waals surface area (Å²) >= 11 is 0. The second-order valence-corrected chi connectivity index (χ2v) is 3.36. The van der Waals surface area contributed by atoms with Crippen LogP contribution in [0.5, 0.6) is 0 Å². The van der Waals surface area contributed by atoms with E-state index in [0.29, 0.717) is 6.42 Å². The summed E-state index contributed by atoms with van der Waals surface area (Å²) in [6.45, 7) is 1.66. The Morgan fingerprint density at radius 2 is 2.31 bits per heavy atom. The number of amidine groups is 1. The summed E-state index contributed by atoms with van der Waals surface area (Å²) in [7, 11) is 0. The molecular formula is C10H12ClN3O2. The molecule has 1 aromatic rings. The summed E-state index contributed by atoms with van der Waals surface area (Å²) in [6.07, 6.45) is 0.641. The summed E-state index contributed by atoms with van der Waals surface area (Å²) in [5, 5.41) is 13.7. The minimum atomic E-state index is -0.382. The van der Waals surface area contributed by atoms with E-state index in [1.807, 2.05) is 6.07 Å². The highest BCUT2D eigenvalue weighted by molar-refractivity contribution is 5.86. The molecule has 16 heavy (non-hydrogen) atoms. The third-order valence-electron chi connectivity index (χ3n) is 2.24. The molecule has 86 valence electrons. The lowest BCUT2D eigenvalue weighted by molar-refractivity contribution is -0.384. The monoisotopic (exact) mass is 241 g/mol. The van der Waals surface area contributed by atoms with Gasteiger partial charge in [0, 0.05) is 25.1 Å². The van der Waals surface area contributed by atoms with E-state index < -0.39 is 0 Å². The second-order valence-electron chi connectivity index (χ2n) is 3.36. The molecule has 6 heteroatoms. The summed E-state index contributed by atoms with van der Waals surface area (Å²) in [6, 6.07) is 6.65. The fourth-order valence-corrected chi connectivity index (χ4v) is 1.54. The Hall–Kier alpha value is -1.62. The van der Waals surface area contributed by atoms with Crippen molar-refractivity contribution in [3.63, 3.8) is 0 Å². The van der Waals surface area contributed by atoms with E-state index in [4.69, 9.17) is 0 Å². The Bertz CT molecular complexity index is 420. The smallest absolute Gasteiger partial charge is 0.269 e. The number of nitrogens with zero attached hydrogens (tertiary/aromatic N) is 2. The Balaban J connectivity index is 0.00000128. The molecule has 0 atom stereocenters. The number of nitro benzene ring substituents is 1. The van der Waals surface area contributed by atoms with Gasteiger partial charge in [-0.2, -0.15) is 0 Å². The lowest BCUT2D eigenvalue weighted by Crippen LogP contribution is -2.20. The predicted molar refractivity (Wildman–Crippen MR) is 64.4 cm³/mol. The van der Waals surface area contributed by atoms with Crippen LogP contribution in [0.25, 0.3) is 0 Å². The van der Waals surface area contributed by atoms with Crippen molar-refractivity contribution in [2.45, 2.75) is 6.42 Å². The number of aliphatic imine (C=N–C) groups is 1. The van der Waals surface area contributed by atoms with Crippen LogP contribution in [0.1, 0.15) is 5.56 Å². The average molecular weight is 242 g/mol. The van der Waals surface area contributed by atoms with Crippen LogP contribution in [0.4, 0.5) is 5.69 Å². The lowest BCUT2D eigenvalue weighted by atomic mass is 10.1. The largest absolute Gasteiger partial charge is 0.372 e. The topological polar surface area (TPSA) is 67.5 Å². The van der Waals surface area contributed by atoms with Gasteiger partial charge in [-0.25, -0.2) is 0 Å².